The highest BCUT2D eigenvalue weighted by atomic mass is 32.2. The molecule has 1 amide bonds. The van der Waals surface area contributed by atoms with E-state index in [9.17, 15) is 28.4 Å². The van der Waals surface area contributed by atoms with E-state index in [0.29, 0.717) is 12.8 Å². The van der Waals surface area contributed by atoms with Gasteiger partial charge in [0.15, 0.2) is 4.90 Å². The van der Waals surface area contributed by atoms with Gasteiger partial charge in [0.2, 0.25) is 10.0 Å². The number of amides is 1. The number of carbonyl (C=O) groups is 1. The number of para-hydroxylation sites is 1. The summed E-state index contributed by atoms with van der Waals surface area (Å²) in [5.41, 5.74) is -0.503. The number of hydrogen-bond acceptors (Lipinski definition) is 6. The summed E-state index contributed by atoms with van der Waals surface area (Å²) in [6.45, 7) is -0.139. The number of rotatable bonds is 6. The van der Waals surface area contributed by atoms with Crippen LogP contribution >= 0.6 is 0 Å². The van der Waals surface area contributed by atoms with Crippen LogP contribution in [0.15, 0.2) is 29.2 Å². The molecule has 1 aromatic rings. The number of carboxylic acid groups (broad SMARTS) is 1. The molecule has 0 unspecified atom stereocenters. The van der Waals surface area contributed by atoms with Gasteiger partial charge in [-0.15, -0.1) is 0 Å². The summed E-state index contributed by atoms with van der Waals surface area (Å²) < 4.78 is 27.3. The van der Waals surface area contributed by atoms with Gasteiger partial charge in [0.25, 0.3) is 5.69 Å². The van der Waals surface area contributed by atoms with Crippen LogP contribution in [0.1, 0.15) is 12.8 Å². The largest absolute Gasteiger partial charge is 0.465 e. The molecule has 0 spiro atoms. The third-order valence-electron chi connectivity index (χ3n) is 4.69. The number of sulfonamides is 1. The minimum Gasteiger partial charge on any atom is -0.465 e. The minimum absolute atomic E-state index is 0.0200. The van der Waals surface area contributed by atoms with Crippen LogP contribution in [-0.4, -0.2) is 70.6 Å². The highest BCUT2D eigenvalue weighted by Gasteiger charge is 2.44. The lowest BCUT2D eigenvalue weighted by atomic mass is 10.1. The van der Waals surface area contributed by atoms with E-state index in [0.717, 1.165) is 11.0 Å². The zero-order valence-corrected chi connectivity index (χ0v) is 14.6. The predicted molar refractivity (Wildman–Crippen MR) is 89.1 cm³/mol. The summed E-state index contributed by atoms with van der Waals surface area (Å²) >= 11 is 0. The molecule has 1 saturated carbocycles. The Morgan fingerprint density at radius 2 is 1.96 bits per heavy atom. The van der Waals surface area contributed by atoms with Gasteiger partial charge in [0, 0.05) is 31.1 Å². The summed E-state index contributed by atoms with van der Waals surface area (Å²) in [5.74, 6) is -0.579. The van der Waals surface area contributed by atoms with Gasteiger partial charge >= 0.3 is 6.09 Å². The van der Waals surface area contributed by atoms with Gasteiger partial charge in [-0.25, -0.2) is 13.2 Å². The smallest absolute Gasteiger partial charge is 0.407 e. The van der Waals surface area contributed by atoms with E-state index in [-0.39, 0.29) is 30.6 Å². The maximum atomic E-state index is 13.1. The normalized spacial score (nSPS) is 23.4. The number of likely N-dealkylation sites (tertiary alicyclic amines) is 1. The number of nitro groups is 1. The first-order valence-electron chi connectivity index (χ1n) is 8.13. The van der Waals surface area contributed by atoms with Crippen molar-refractivity contribution in [2.24, 2.45) is 5.92 Å². The Labute approximate surface area is 149 Å². The second-order valence-electron chi connectivity index (χ2n) is 6.55. The molecule has 10 nitrogen and oxygen atoms in total. The molecule has 2 aliphatic rings. The van der Waals surface area contributed by atoms with Crippen LogP contribution < -0.4 is 0 Å². The number of benzene rings is 1. The molecular formula is C15H19N3O7S. The zero-order valence-electron chi connectivity index (χ0n) is 13.8. The molecule has 1 heterocycles. The maximum Gasteiger partial charge on any atom is 0.407 e. The molecule has 3 rings (SSSR count). The summed E-state index contributed by atoms with van der Waals surface area (Å²) in [4.78, 5) is 22.2. The van der Waals surface area contributed by atoms with E-state index in [4.69, 9.17) is 5.11 Å². The first-order chi connectivity index (χ1) is 12.2. The molecule has 2 N–H and O–H groups in total. The van der Waals surface area contributed by atoms with Gasteiger partial charge < -0.3 is 15.1 Å². The average Bonchev–Trinajstić information content (AvgIpc) is 3.35. The molecule has 0 bridgehead atoms. The lowest BCUT2D eigenvalue weighted by Gasteiger charge is -2.26. The molecule has 2 atom stereocenters. The van der Waals surface area contributed by atoms with E-state index in [1.807, 2.05) is 0 Å². The number of aliphatic hydroxyl groups is 1. The number of nitro benzene ring substituents is 1. The molecule has 2 fully saturated rings. The van der Waals surface area contributed by atoms with Gasteiger partial charge in [-0.1, -0.05) is 12.1 Å². The van der Waals surface area contributed by atoms with Crippen molar-refractivity contribution < 1.29 is 28.3 Å². The number of nitrogens with zero attached hydrogens (tertiary/aromatic N) is 3. The first kappa shape index (κ1) is 18.5. The Morgan fingerprint density at radius 3 is 2.50 bits per heavy atom. The van der Waals surface area contributed by atoms with Crippen molar-refractivity contribution >= 4 is 21.8 Å². The monoisotopic (exact) mass is 385 g/mol. The van der Waals surface area contributed by atoms with Gasteiger partial charge in [0.1, 0.15) is 0 Å². The Kier molecular flexibility index (Phi) is 4.86. The van der Waals surface area contributed by atoms with E-state index in [2.05, 4.69) is 0 Å². The van der Waals surface area contributed by atoms with Crippen molar-refractivity contribution in [3.05, 3.63) is 34.4 Å². The first-order valence-corrected chi connectivity index (χ1v) is 9.57. The van der Waals surface area contributed by atoms with Gasteiger partial charge in [-0.2, -0.15) is 4.31 Å². The van der Waals surface area contributed by atoms with Crippen LogP contribution in [0, 0.1) is 16.0 Å². The van der Waals surface area contributed by atoms with Crippen LogP contribution in [-0.2, 0) is 10.0 Å². The molecule has 0 radical (unpaired) electrons. The fourth-order valence-corrected chi connectivity index (χ4v) is 5.08. The molecular weight excluding hydrogens is 366 g/mol. The predicted octanol–water partition coefficient (Wildman–Crippen LogP) is 0.719. The summed E-state index contributed by atoms with van der Waals surface area (Å²) in [5, 5.41) is 30.4. The van der Waals surface area contributed by atoms with Crippen LogP contribution in [0.5, 0.6) is 0 Å². The van der Waals surface area contributed by atoms with Crippen LogP contribution in [0.3, 0.4) is 0 Å². The molecule has 1 aliphatic carbocycles. The van der Waals surface area contributed by atoms with Crippen LogP contribution in [0.4, 0.5) is 10.5 Å². The third-order valence-corrected chi connectivity index (χ3v) is 6.66. The van der Waals surface area contributed by atoms with Crippen molar-refractivity contribution in [1.82, 2.24) is 9.21 Å². The molecule has 1 aliphatic heterocycles. The fourth-order valence-electron chi connectivity index (χ4n) is 3.18. The minimum atomic E-state index is -4.15. The van der Waals surface area contributed by atoms with Crippen molar-refractivity contribution in [2.75, 3.05) is 19.6 Å². The van der Waals surface area contributed by atoms with Crippen LogP contribution in [0.2, 0.25) is 0 Å². The highest BCUT2D eigenvalue weighted by molar-refractivity contribution is 7.89. The third kappa shape index (κ3) is 3.50. The second kappa shape index (κ2) is 6.82. The average molecular weight is 385 g/mol. The van der Waals surface area contributed by atoms with Crippen molar-refractivity contribution in [1.29, 1.82) is 0 Å². The topological polar surface area (TPSA) is 141 Å². The number of β-amino-alcohol motifs (C(OH)–C–C–N with tert-alkyl or cyclic N) is 1. The number of hydrogen-bond donors (Lipinski definition) is 2. The Balaban J connectivity index is 1.89. The lowest BCUT2D eigenvalue weighted by molar-refractivity contribution is -0.387. The highest BCUT2D eigenvalue weighted by Crippen LogP contribution is 2.36. The van der Waals surface area contributed by atoms with Gasteiger partial charge in [-0.3, -0.25) is 10.1 Å². The summed E-state index contributed by atoms with van der Waals surface area (Å²) in [6.07, 6.45) is -0.893. The van der Waals surface area contributed by atoms with E-state index < -0.39 is 38.7 Å². The van der Waals surface area contributed by atoms with E-state index in [1.54, 1.807) is 0 Å². The van der Waals surface area contributed by atoms with Crippen LogP contribution in [0.25, 0.3) is 0 Å². The summed E-state index contributed by atoms with van der Waals surface area (Å²) in [7, 11) is -4.15. The standard InChI is InChI=1S/C15H19N3O7S/c19-13-9-16(15(20)21)7-10(13)8-17(11-5-6-11)26(24,25)14-4-2-1-3-12(14)18(22)23/h1-4,10-11,13,19H,5-9H2,(H,20,21)/t10-,13+/m0/s1. The quantitative estimate of drug-likeness (QED) is 0.543. The number of aliphatic hydroxyl groups excluding tert-OH is 1. The molecule has 26 heavy (non-hydrogen) atoms. The molecule has 1 aromatic carbocycles. The molecule has 11 heteroatoms. The zero-order chi connectivity index (χ0) is 19.1. The Bertz CT molecular complexity index is 824. The lowest BCUT2D eigenvalue weighted by Crippen LogP contribution is -2.40. The maximum absolute atomic E-state index is 13.1. The Morgan fingerprint density at radius 1 is 1.31 bits per heavy atom. The SMILES string of the molecule is O=C(O)N1C[C@@H](CN(C2CC2)S(=O)(=O)c2ccccc2[N+](=O)[O-])[C@H](O)C1. The van der Waals surface area contributed by atoms with Gasteiger partial charge in [-0.05, 0) is 18.9 Å². The molecule has 142 valence electrons. The van der Waals surface area contributed by atoms with Crippen molar-refractivity contribution in [2.45, 2.75) is 29.9 Å². The van der Waals surface area contributed by atoms with E-state index >= 15 is 0 Å². The van der Waals surface area contributed by atoms with E-state index in [1.165, 1.54) is 22.5 Å². The molecule has 0 aromatic heterocycles. The molecule has 1 saturated heterocycles. The fraction of sp³-hybridized carbons (Fsp3) is 0.533. The summed E-state index contributed by atoms with van der Waals surface area (Å²) in [6, 6.07) is 4.85. The second-order valence-corrected chi connectivity index (χ2v) is 8.40. The van der Waals surface area contributed by atoms with Gasteiger partial charge in [0.05, 0.1) is 17.6 Å². The van der Waals surface area contributed by atoms with Crippen molar-refractivity contribution in [3.63, 3.8) is 0 Å². The van der Waals surface area contributed by atoms with Crippen molar-refractivity contribution in [3.8, 4) is 0 Å². The Hall–Kier alpha value is -2.24.